The summed E-state index contributed by atoms with van der Waals surface area (Å²) in [5.74, 6) is -1.19. The molecule has 0 spiro atoms. The molecule has 9 nitrogen and oxygen atoms in total. The summed E-state index contributed by atoms with van der Waals surface area (Å²) in [6.45, 7) is 0. The number of imidazole rings is 1. The third-order valence-electron chi connectivity index (χ3n) is 0.911. The fraction of sp³-hybridized carbons (Fsp3) is 0.400. The lowest BCUT2D eigenvalue weighted by atomic mass is 10.8. The van der Waals surface area contributed by atoms with Crippen molar-refractivity contribution in [1.82, 2.24) is 15.3 Å². The molecule has 0 aromatic carbocycles. The molecule has 0 aliphatic carbocycles. The number of nitrogens with one attached hydrogen (secondary N) is 2. The van der Waals surface area contributed by atoms with Crippen molar-refractivity contribution in [3.8, 4) is 0 Å². The van der Waals surface area contributed by atoms with E-state index in [2.05, 4.69) is 10.3 Å². The molecule has 0 radical (unpaired) electrons. The first kappa shape index (κ1) is 12.0. The van der Waals surface area contributed by atoms with Crippen LogP contribution in [0, 0.1) is 20.2 Å². The van der Waals surface area contributed by atoms with Gasteiger partial charge in [0.15, 0.2) is 6.20 Å². The van der Waals surface area contributed by atoms with Gasteiger partial charge in [0.1, 0.15) is 0 Å². The molecule has 78 valence electrons. The standard InChI is InChI=1S/C3H2N4O4.C2H7N/c8-6(9)2-1-4-3(5-2)7(10)11;1-3-2/h1H,(H,4,5);3H,1-2H3. The Labute approximate surface area is 78.5 Å². The SMILES string of the molecule is CNC.O=[N+]([O-])c1c[nH]c([N+](=O)[O-])n1. The number of aromatic amines is 1. The van der Waals surface area contributed by atoms with Gasteiger partial charge in [0.25, 0.3) is 0 Å². The molecule has 1 aromatic heterocycles. The molecule has 0 unspecified atom stereocenters. The Morgan fingerprint density at radius 3 is 2.07 bits per heavy atom. The predicted molar refractivity (Wildman–Crippen MR) is 46.9 cm³/mol. The van der Waals surface area contributed by atoms with Crippen LogP contribution in [0.2, 0.25) is 0 Å². The van der Waals surface area contributed by atoms with E-state index < -0.39 is 21.6 Å². The molecule has 2 N–H and O–H groups in total. The first-order chi connectivity index (χ1) is 6.52. The topological polar surface area (TPSA) is 127 Å². The Morgan fingerprint density at radius 2 is 1.86 bits per heavy atom. The first-order valence-electron chi connectivity index (χ1n) is 3.45. The fourth-order valence-electron chi connectivity index (χ4n) is 0.489. The van der Waals surface area contributed by atoms with Gasteiger partial charge in [0.2, 0.25) is 0 Å². The lowest BCUT2D eigenvalue weighted by Crippen LogP contribution is -1.91. The van der Waals surface area contributed by atoms with Crippen molar-refractivity contribution in [3.05, 3.63) is 26.4 Å². The number of rotatable bonds is 2. The Balaban J connectivity index is 0.000000500. The van der Waals surface area contributed by atoms with Crippen LogP contribution in [0.5, 0.6) is 0 Å². The van der Waals surface area contributed by atoms with Crippen LogP contribution in [-0.4, -0.2) is 33.9 Å². The Morgan fingerprint density at radius 1 is 1.36 bits per heavy atom. The molecule has 0 bridgehead atoms. The maximum absolute atomic E-state index is 9.94. The fourth-order valence-corrected chi connectivity index (χ4v) is 0.489. The van der Waals surface area contributed by atoms with Crippen molar-refractivity contribution in [1.29, 1.82) is 0 Å². The van der Waals surface area contributed by atoms with Crippen molar-refractivity contribution < 1.29 is 9.85 Å². The van der Waals surface area contributed by atoms with Gasteiger partial charge in [-0.15, -0.1) is 0 Å². The van der Waals surface area contributed by atoms with E-state index in [0.717, 1.165) is 6.20 Å². The average molecular weight is 203 g/mol. The maximum Gasteiger partial charge on any atom is 0.436 e. The molecular weight excluding hydrogens is 194 g/mol. The van der Waals surface area contributed by atoms with Crippen LogP contribution in [-0.2, 0) is 0 Å². The van der Waals surface area contributed by atoms with Gasteiger partial charge in [0.05, 0.1) is 0 Å². The zero-order chi connectivity index (χ0) is 11.1. The summed E-state index contributed by atoms with van der Waals surface area (Å²) < 4.78 is 0. The molecule has 0 fully saturated rings. The van der Waals surface area contributed by atoms with Crippen LogP contribution >= 0.6 is 0 Å². The third-order valence-corrected chi connectivity index (χ3v) is 0.911. The van der Waals surface area contributed by atoms with Gasteiger partial charge in [-0.3, -0.25) is 0 Å². The zero-order valence-electron chi connectivity index (χ0n) is 7.55. The predicted octanol–water partition coefficient (Wildman–Crippen LogP) is 0.0617. The number of hydrogen-bond donors (Lipinski definition) is 2. The number of nitro groups is 2. The van der Waals surface area contributed by atoms with Crippen LogP contribution in [0.3, 0.4) is 0 Å². The summed E-state index contributed by atoms with van der Waals surface area (Å²) in [4.78, 5) is 23.3. The summed E-state index contributed by atoms with van der Waals surface area (Å²) in [7, 11) is 3.75. The summed E-state index contributed by atoms with van der Waals surface area (Å²) >= 11 is 0. The summed E-state index contributed by atoms with van der Waals surface area (Å²) in [5, 5.41) is 22.6. The Kier molecular flexibility index (Phi) is 4.78. The monoisotopic (exact) mass is 203 g/mol. The second-order valence-electron chi connectivity index (χ2n) is 2.10. The second kappa shape index (κ2) is 5.59. The highest BCUT2D eigenvalue weighted by atomic mass is 16.6. The molecule has 0 aliphatic rings. The lowest BCUT2D eigenvalue weighted by Gasteiger charge is -1.85. The highest BCUT2D eigenvalue weighted by molar-refractivity contribution is 5.21. The molecule has 0 atom stereocenters. The molecule has 14 heavy (non-hydrogen) atoms. The summed E-state index contributed by atoms with van der Waals surface area (Å²) in [6.07, 6.45) is 0.859. The Hall–Kier alpha value is -2.03. The van der Waals surface area contributed by atoms with Gasteiger partial charge in [-0.25, -0.2) is 4.98 Å². The van der Waals surface area contributed by atoms with Crippen molar-refractivity contribution >= 4 is 11.8 Å². The normalized spacial score (nSPS) is 8.71. The molecule has 0 saturated carbocycles. The van der Waals surface area contributed by atoms with Crippen LogP contribution in [0.15, 0.2) is 6.20 Å². The van der Waals surface area contributed by atoms with Gasteiger partial charge in [0, 0.05) is 0 Å². The van der Waals surface area contributed by atoms with E-state index in [-0.39, 0.29) is 0 Å². The van der Waals surface area contributed by atoms with Crippen molar-refractivity contribution in [3.63, 3.8) is 0 Å². The van der Waals surface area contributed by atoms with Gasteiger partial charge in [-0.2, -0.15) is 0 Å². The largest absolute Gasteiger partial charge is 0.436 e. The van der Waals surface area contributed by atoms with E-state index in [1.54, 1.807) is 0 Å². The molecule has 0 amide bonds. The number of hydrogen-bond acceptors (Lipinski definition) is 6. The van der Waals surface area contributed by atoms with Gasteiger partial charge < -0.3 is 25.5 Å². The van der Waals surface area contributed by atoms with Crippen molar-refractivity contribution in [2.45, 2.75) is 0 Å². The van der Waals surface area contributed by atoms with E-state index in [1.165, 1.54) is 0 Å². The van der Waals surface area contributed by atoms with E-state index in [4.69, 9.17) is 0 Å². The van der Waals surface area contributed by atoms with E-state index >= 15 is 0 Å². The number of H-pyrrole nitrogens is 1. The minimum atomic E-state index is -0.840. The molecule has 0 saturated heterocycles. The lowest BCUT2D eigenvalue weighted by molar-refractivity contribution is -0.402. The molecule has 0 aliphatic heterocycles. The molecule has 9 heteroatoms. The summed E-state index contributed by atoms with van der Waals surface area (Å²) in [5.41, 5.74) is 0. The first-order valence-corrected chi connectivity index (χ1v) is 3.45. The third kappa shape index (κ3) is 3.58. The molecule has 1 rings (SSSR count). The van der Waals surface area contributed by atoms with Crippen LogP contribution < -0.4 is 5.32 Å². The van der Waals surface area contributed by atoms with E-state index in [9.17, 15) is 20.2 Å². The Bertz CT molecular complexity index is 293. The molecule has 1 aromatic rings. The molecular formula is C5H9N5O4. The zero-order valence-corrected chi connectivity index (χ0v) is 7.55. The van der Waals surface area contributed by atoms with Crippen LogP contribution in [0.25, 0.3) is 0 Å². The maximum atomic E-state index is 9.94. The highest BCUT2D eigenvalue weighted by Crippen LogP contribution is 2.10. The molecule has 1 heterocycles. The van der Waals surface area contributed by atoms with E-state index in [1.807, 2.05) is 19.1 Å². The smallest absolute Gasteiger partial charge is 0.390 e. The highest BCUT2D eigenvalue weighted by Gasteiger charge is 2.15. The van der Waals surface area contributed by atoms with Crippen LogP contribution in [0.1, 0.15) is 0 Å². The summed E-state index contributed by atoms with van der Waals surface area (Å²) in [6, 6.07) is 0. The average Bonchev–Trinajstić information content (AvgIpc) is 2.53. The van der Waals surface area contributed by atoms with Crippen molar-refractivity contribution in [2.24, 2.45) is 0 Å². The minimum Gasteiger partial charge on any atom is -0.390 e. The quantitative estimate of drug-likeness (QED) is 0.516. The van der Waals surface area contributed by atoms with E-state index in [0.29, 0.717) is 0 Å². The van der Waals surface area contributed by atoms with Crippen molar-refractivity contribution in [2.75, 3.05) is 14.1 Å². The minimum absolute atomic E-state index is 0.559. The van der Waals surface area contributed by atoms with Gasteiger partial charge >= 0.3 is 11.8 Å². The van der Waals surface area contributed by atoms with Gasteiger partial charge in [-0.1, -0.05) is 0 Å². The number of nitrogens with zero attached hydrogens (tertiary/aromatic N) is 3. The number of aromatic nitrogens is 2. The van der Waals surface area contributed by atoms with Gasteiger partial charge in [-0.05, 0) is 28.9 Å². The van der Waals surface area contributed by atoms with Crippen LogP contribution in [0.4, 0.5) is 11.8 Å². The second-order valence-corrected chi connectivity index (χ2v) is 2.10.